The zero-order chi connectivity index (χ0) is 23.7. The van der Waals surface area contributed by atoms with E-state index in [1.165, 1.54) is 12.0 Å². The molecule has 5 heteroatoms. The van der Waals surface area contributed by atoms with E-state index >= 15 is 0 Å². The third-order valence-corrected chi connectivity index (χ3v) is 32.1. The van der Waals surface area contributed by atoms with Gasteiger partial charge in [-0.1, -0.05) is 91.9 Å². The van der Waals surface area contributed by atoms with Crippen LogP contribution in [0.5, 0.6) is 0 Å². The van der Waals surface area contributed by atoms with Crippen molar-refractivity contribution in [2.24, 2.45) is 35.0 Å². The van der Waals surface area contributed by atoms with E-state index in [1.807, 2.05) is 0 Å². The molecule has 4 fully saturated rings. The normalized spacial score (nSPS) is 35.5. The van der Waals surface area contributed by atoms with E-state index in [0.717, 1.165) is 35.1 Å². The third-order valence-electron chi connectivity index (χ3n) is 11.3. The fraction of sp³-hybridized carbons (Fsp3) is 0.931. The summed E-state index contributed by atoms with van der Waals surface area (Å²) in [5.41, 5.74) is 2.84. The maximum absolute atomic E-state index is 4.93. The van der Waals surface area contributed by atoms with Crippen molar-refractivity contribution in [1.82, 2.24) is 0 Å². The van der Waals surface area contributed by atoms with E-state index in [9.17, 15) is 0 Å². The monoisotopic (exact) mass is 622 g/mol. The van der Waals surface area contributed by atoms with Crippen LogP contribution in [0.15, 0.2) is 0 Å². The predicted molar refractivity (Wildman–Crippen MR) is 159 cm³/mol. The molecule has 0 radical (unpaired) electrons. The van der Waals surface area contributed by atoms with Gasteiger partial charge in [-0.2, -0.15) is 0 Å². The molecule has 4 rings (SSSR count). The summed E-state index contributed by atoms with van der Waals surface area (Å²) in [5, 5.41) is 0. The Morgan fingerprint density at radius 1 is 0.706 bits per heavy atom. The Morgan fingerprint density at radius 2 is 1.29 bits per heavy atom. The quantitative estimate of drug-likeness (QED) is 0.216. The van der Waals surface area contributed by atoms with Gasteiger partial charge in [0.05, 0.1) is 0 Å². The van der Waals surface area contributed by atoms with Crippen molar-refractivity contribution in [1.29, 1.82) is 0 Å². The number of rotatable bonds is 4. The maximum atomic E-state index is 4.93. The molecule has 0 spiro atoms. The Labute approximate surface area is 236 Å². The van der Waals surface area contributed by atoms with Gasteiger partial charge in [0.1, 0.15) is 0 Å². The standard InChI is InChI=1S/C27H52Si2.2CH3.2ClH.Zr/c1-27(2,3)19-20-12-14-22(18-20)28(4,5)29(6,7)26-17-16-24-23-11-9-8-10-21(23)13-15-25(24)26;;;;;/h20-26H,8-19H2,1-7H3;2*1H3;2*1H;/q;2*-1;;;+4/p-2. The van der Waals surface area contributed by atoms with Crippen molar-refractivity contribution in [3.8, 4) is 0 Å². The average molecular weight is 625 g/mol. The molecule has 0 aromatic heterocycles. The van der Waals surface area contributed by atoms with Crippen molar-refractivity contribution in [2.45, 2.75) is 135 Å². The summed E-state index contributed by atoms with van der Waals surface area (Å²) in [6, 6.07) is 0. The molecule has 0 aromatic carbocycles. The second kappa shape index (κ2) is 13.8. The zero-order valence-corrected chi connectivity index (χ0v) is 30.3. The fourth-order valence-electron chi connectivity index (χ4n) is 9.29. The Bertz CT molecular complexity index is 603. The molecular formula is C29H58Cl2Si2Zr. The van der Waals surface area contributed by atoms with Crippen LogP contribution in [0, 0.1) is 49.9 Å². The Morgan fingerprint density at radius 3 is 1.91 bits per heavy atom. The van der Waals surface area contributed by atoms with E-state index in [-0.39, 0.29) is 14.9 Å². The van der Waals surface area contributed by atoms with Gasteiger partial charge in [-0.15, -0.1) is 0 Å². The fourth-order valence-corrected chi connectivity index (χ4v) is 23.4. The zero-order valence-electron chi connectivity index (χ0n) is 24.3. The summed E-state index contributed by atoms with van der Waals surface area (Å²) in [6.45, 7) is 18.9. The first-order valence-corrected chi connectivity index (χ1v) is 27.4. The molecule has 0 bridgehead atoms. The molecule has 0 aromatic rings. The van der Waals surface area contributed by atoms with Crippen molar-refractivity contribution < 1.29 is 20.8 Å². The first kappa shape index (κ1) is 33.9. The van der Waals surface area contributed by atoms with Crippen molar-refractivity contribution in [2.75, 3.05) is 0 Å². The Hall–Kier alpha value is 1.90. The summed E-state index contributed by atoms with van der Waals surface area (Å²) >= 11 is -0.826. The van der Waals surface area contributed by atoms with E-state index in [2.05, 4.69) is 47.0 Å². The van der Waals surface area contributed by atoms with Crippen LogP contribution in [0.4, 0.5) is 0 Å². The van der Waals surface area contributed by atoms with Crippen LogP contribution >= 0.6 is 17.0 Å². The van der Waals surface area contributed by atoms with Gasteiger partial charge in [-0.25, -0.2) is 0 Å². The van der Waals surface area contributed by atoms with Crippen LogP contribution in [0.3, 0.4) is 0 Å². The van der Waals surface area contributed by atoms with E-state index in [1.54, 1.807) is 70.6 Å². The van der Waals surface area contributed by atoms with Gasteiger partial charge in [-0.05, 0) is 78.2 Å². The summed E-state index contributed by atoms with van der Waals surface area (Å²) in [4.78, 5) is 0. The molecule has 200 valence electrons. The molecular weight excluding hydrogens is 567 g/mol. The van der Waals surface area contributed by atoms with Crippen molar-refractivity contribution in [3.05, 3.63) is 14.9 Å². The minimum absolute atomic E-state index is 0. The molecule has 0 heterocycles. The van der Waals surface area contributed by atoms with Gasteiger partial charge in [0.25, 0.3) is 0 Å². The molecule has 0 nitrogen and oxygen atoms in total. The molecule has 34 heavy (non-hydrogen) atoms. The van der Waals surface area contributed by atoms with Gasteiger partial charge < -0.3 is 14.9 Å². The number of halogens is 2. The van der Waals surface area contributed by atoms with Crippen LogP contribution in [0.25, 0.3) is 0 Å². The van der Waals surface area contributed by atoms with E-state index < -0.39 is 36.0 Å². The summed E-state index contributed by atoms with van der Waals surface area (Å²) in [6.07, 6.45) is 18.9. The summed E-state index contributed by atoms with van der Waals surface area (Å²) in [7, 11) is 7.53. The van der Waals surface area contributed by atoms with Gasteiger partial charge >= 0.3 is 37.9 Å². The van der Waals surface area contributed by atoms with Crippen LogP contribution in [-0.4, -0.2) is 15.2 Å². The van der Waals surface area contributed by atoms with Crippen LogP contribution in [0.2, 0.25) is 37.3 Å². The third kappa shape index (κ3) is 7.51. The summed E-state index contributed by atoms with van der Waals surface area (Å²) < 4.78 is 0. The van der Waals surface area contributed by atoms with Crippen molar-refractivity contribution >= 4 is 32.2 Å². The molecule has 7 atom stereocenters. The molecule has 4 aliphatic rings. The topological polar surface area (TPSA) is 0 Å². The van der Waals surface area contributed by atoms with Crippen LogP contribution < -0.4 is 0 Å². The van der Waals surface area contributed by atoms with E-state index in [0.29, 0.717) is 5.41 Å². The first-order valence-electron chi connectivity index (χ1n) is 13.9. The average Bonchev–Trinajstić information content (AvgIpc) is 3.34. The first-order chi connectivity index (χ1) is 14.9. The number of hydrogen-bond acceptors (Lipinski definition) is 0. The SMILES string of the molecule is CC(C)(C)CC1CCC([Si](C)(C)[Si](C)(C)C2CCC3C4CCCCC4CCC32)C1.[CH3-].[CH3-].[Cl][Zr+2][Cl]. The molecule has 4 saturated carbocycles. The molecule has 0 amide bonds. The second-order valence-electron chi connectivity index (χ2n) is 14.5. The number of hydrogen-bond donors (Lipinski definition) is 0. The molecule has 7 unspecified atom stereocenters. The molecule has 0 N–H and O–H groups in total. The van der Waals surface area contributed by atoms with Gasteiger partial charge in [0.2, 0.25) is 0 Å². The molecule has 4 aliphatic carbocycles. The van der Waals surface area contributed by atoms with E-state index in [4.69, 9.17) is 17.0 Å². The predicted octanol–water partition coefficient (Wildman–Crippen LogP) is 11.4. The Kier molecular flexibility index (Phi) is 13.8. The molecule has 0 saturated heterocycles. The second-order valence-corrected chi connectivity index (χ2v) is 34.4. The van der Waals surface area contributed by atoms with Gasteiger partial charge in [0, 0.05) is 15.2 Å². The van der Waals surface area contributed by atoms with Crippen LogP contribution in [-0.2, 0) is 20.8 Å². The Balaban J connectivity index is 0.00000110. The van der Waals surface area contributed by atoms with Crippen LogP contribution in [0.1, 0.15) is 97.8 Å². The minimum atomic E-state index is -1.18. The summed E-state index contributed by atoms with van der Waals surface area (Å²) in [5.74, 6) is 5.60. The van der Waals surface area contributed by atoms with Crippen molar-refractivity contribution in [3.63, 3.8) is 0 Å². The van der Waals surface area contributed by atoms with Gasteiger partial charge in [0.15, 0.2) is 0 Å². The van der Waals surface area contributed by atoms with Gasteiger partial charge in [-0.3, -0.25) is 0 Å². The molecule has 0 aliphatic heterocycles. The number of fused-ring (bicyclic) bond motifs is 3.